The van der Waals surface area contributed by atoms with Gasteiger partial charge in [-0.05, 0) is 37.1 Å². The predicted octanol–water partition coefficient (Wildman–Crippen LogP) is 2.26. The number of halogens is 1. The van der Waals surface area contributed by atoms with Crippen molar-refractivity contribution >= 4 is 11.7 Å². The summed E-state index contributed by atoms with van der Waals surface area (Å²) >= 11 is 0. The SMILES string of the molecule is COC(C)(C(=O)Nc1cc(CCO)ccn1)c1ccccc1F. The van der Waals surface area contributed by atoms with Crippen molar-refractivity contribution in [2.75, 3.05) is 19.0 Å². The average Bonchev–Trinajstić information content (AvgIpc) is 2.55. The van der Waals surface area contributed by atoms with Crippen LogP contribution >= 0.6 is 0 Å². The molecule has 1 heterocycles. The van der Waals surface area contributed by atoms with Gasteiger partial charge in [-0.25, -0.2) is 9.37 Å². The average molecular weight is 318 g/mol. The first kappa shape index (κ1) is 17.1. The smallest absolute Gasteiger partial charge is 0.262 e. The third-order valence-corrected chi connectivity index (χ3v) is 3.70. The van der Waals surface area contributed by atoms with Gasteiger partial charge in [0.15, 0.2) is 5.60 Å². The van der Waals surface area contributed by atoms with Gasteiger partial charge in [-0.2, -0.15) is 0 Å². The van der Waals surface area contributed by atoms with E-state index < -0.39 is 17.3 Å². The third-order valence-electron chi connectivity index (χ3n) is 3.70. The molecule has 1 aromatic heterocycles. The molecule has 2 aromatic rings. The topological polar surface area (TPSA) is 71.5 Å². The maximum absolute atomic E-state index is 14.0. The molecule has 6 heteroatoms. The van der Waals surface area contributed by atoms with Crippen LogP contribution in [-0.2, 0) is 21.6 Å². The van der Waals surface area contributed by atoms with Gasteiger partial charge in [-0.3, -0.25) is 4.79 Å². The minimum Gasteiger partial charge on any atom is -0.396 e. The molecule has 0 spiro atoms. The number of carbonyl (C=O) groups excluding carboxylic acids is 1. The van der Waals surface area contributed by atoms with Gasteiger partial charge in [-0.15, -0.1) is 0 Å². The number of anilines is 1. The number of hydrogen-bond acceptors (Lipinski definition) is 4. The van der Waals surface area contributed by atoms with Crippen LogP contribution in [0.1, 0.15) is 18.1 Å². The number of aliphatic hydroxyl groups is 1. The van der Waals surface area contributed by atoms with Crippen LogP contribution in [0.25, 0.3) is 0 Å². The monoisotopic (exact) mass is 318 g/mol. The van der Waals surface area contributed by atoms with Crippen molar-refractivity contribution in [2.24, 2.45) is 0 Å². The zero-order valence-electron chi connectivity index (χ0n) is 13.0. The summed E-state index contributed by atoms with van der Waals surface area (Å²) in [6, 6.07) is 9.38. The molecule has 1 amide bonds. The Morgan fingerprint density at radius 1 is 1.39 bits per heavy atom. The van der Waals surface area contributed by atoms with E-state index in [1.165, 1.54) is 32.4 Å². The minimum absolute atomic E-state index is 0.00239. The summed E-state index contributed by atoms with van der Waals surface area (Å²) < 4.78 is 19.3. The van der Waals surface area contributed by atoms with Crippen LogP contribution < -0.4 is 5.32 Å². The molecule has 122 valence electrons. The summed E-state index contributed by atoms with van der Waals surface area (Å²) in [5.74, 6) is -0.728. The van der Waals surface area contributed by atoms with Crippen LogP contribution in [0.3, 0.4) is 0 Å². The molecule has 0 saturated heterocycles. The number of hydrogen-bond donors (Lipinski definition) is 2. The maximum Gasteiger partial charge on any atom is 0.262 e. The summed E-state index contributed by atoms with van der Waals surface area (Å²) in [6.45, 7) is 1.50. The van der Waals surface area contributed by atoms with E-state index in [4.69, 9.17) is 9.84 Å². The van der Waals surface area contributed by atoms with Crippen LogP contribution in [0, 0.1) is 5.82 Å². The highest BCUT2D eigenvalue weighted by atomic mass is 19.1. The molecule has 0 fully saturated rings. The number of nitrogens with one attached hydrogen (secondary N) is 1. The molecular formula is C17H19FN2O3. The molecule has 0 radical (unpaired) electrons. The van der Waals surface area contributed by atoms with Gasteiger partial charge in [0.25, 0.3) is 5.91 Å². The molecule has 1 unspecified atom stereocenters. The van der Waals surface area contributed by atoms with E-state index in [2.05, 4.69) is 10.3 Å². The molecule has 2 rings (SSSR count). The van der Waals surface area contributed by atoms with Gasteiger partial charge in [0.1, 0.15) is 11.6 Å². The molecular weight excluding hydrogens is 299 g/mol. The first-order valence-corrected chi connectivity index (χ1v) is 7.18. The summed E-state index contributed by atoms with van der Waals surface area (Å²) in [5, 5.41) is 11.6. The second-order valence-electron chi connectivity index (χ2n) is 5.19. The van der Waals surface area contributed by atoms with Crippen molar-refractivity contribution in [3.8, 4) is 0 Å². The summed E-state index contributed by atoms with van der Waals surface area (Å²) in [5.41, 5.74) is -0.505. The van der Waals surface area contributed by atoms with E-state index in [9.17, 15) is 9.18 Å². The van der Waals surface area contributed by atoms with Gasteiger partial charge in [0, 0.05) is 25.5 Å². The number of aromatic nitrogens is 1. The van der Waals surface area contributed by atoms with Crippen LogP contribution in [0.4, 0.5) is 10.2 Å². The van der Waals surface area contributed by atoms with Crippen LogP contribution in [0.15, 0.2) is 42.6 Å². The lowest BCUT2D eigenvalue weighted by Gasteiger charge is -2.27. The Morgan fingerprint density at radius 3 is 2.78 bits per heavy atom. The highest BCUT2D eigenvalue weighted by Gasteiger charge is 2.37. The molecule has 2 N–H and O–H groups in total. The Bertz CT molecular complexity index is 693. The Hall–Kier alpha value is -2.31. The van der Waals surface area contributed by atoms with Crippen molar-refractivity contribution in [3.63, 3.8) is 0 Å². The highest BCUT2D eigenvalue weighted by molar-refractivity contribution is 5.97. The molecule has 5 nitrogen and oxygen atoms in total. The van der Waals surface area contributed by atoms with E-state index >= 15 is 0 Å². The van der Waals surface area contributed by atoms with Crippen molar-refractivity contribution in [1.29, 1.82) is 0 Å². The maximum atomic E-state index is 14.0. The Labute approximate surface area is 134 Å². The third kappa shape index (κ3) is 3.72. The minimum atomic E-state index is -1.49. The number of pyridine rings is 1. The lowest BCUT2D eigenvalue weighted by atomic mass is 9.94. The Kier molecular flexibility index (Phi) is 5.41. The normalized spacial score (nSPS) is 13.4. The van der Waals surface area contributed by atoms with Gasteiger partial charge in [0.2, 0.25) is 0 Å². The van der Waals surface area contributed by atoms with E-state index in [0.29, 0.717) is 12.2 Å². The Balaban J connectivity index is 2.27. The van der Waals surface area contributed by atoms with Gasteiger partial charge < -0.3 is 15.2 Å². The molecule has 0 aliphatic carbocycles. The van der Waals surface area contributed by atoms with E-state index in [-0.39, 0.29) is 12.2 Å². The van der Waals surface area contributed by atoms with Gasteiger partial charge in [-0.1, -0.05) is 18.2 Å². The standard InChI is InChI=1S/C17H19FN2O3/c1-17(23-2,13-5-3-4-6-14(13)18)16(22)20-15-11-12(8-10-21)7-9-19-15/h3-7,9,11,21H,8,10H2,1-2H3,(H,19,20,22). The van der Waals surface area contributed by atoms with E-state index in [1.807, 2.05) is 0 Å². The molecule has 1 aromatic carbocycles. The molecule has 0 bridgehead atoms. The Morgan fingerprint density at radius 2 is 2.13 bits per heavy atom. The van der Waals surface area contributed by atoms with E-state index in [1.54, 1.807) is 24.3 Å². The fraction of sp³-hybridized carbons (Fsp3) is 0.294. The van der Waals surface area contributed by atoms with Gasteiger partial charge in [0.05, 0.1) is 0 Å². The number of methoxy groups -OCH3 is 1. The van der Waals surface area contributed by atoms with Crippen molar-refractivity contribution < 1.29 is 19.0 Å². The first-order chi connectivity index (χ1) is 11.0. The molecule has 0 saturated carbocycles. The highest BCUT2D eigenvalue weighted by Crippen LogP contribution is 2.28. The lowest BCUT2D eigenvalue weighted by Crippen LogP contribution is -2.40. The summed E-state index contributed by atoms with van der Waals surface area (Å²) in [7, 11) is 1.35. The zero-order valence-corrected chi connectivity index (χ0v) is 13.0. The fourth-order valence-corrected chi connectivity index (χ4v) is 2.24. The fourth-order valence-electron chi connectivity index (χ4n) is 2.24. The first-order valence-electron chi connectivity index (χ1n) is 7.18. The number of amides is 1. The number of ether oxygens (including phenoxy) is 1. The number of carbonyl (C=O) groups is 1. The molecule has 0 aliphatic heterocycles. The van der Waals surface area contributed by atoms with Crippen molar-refractivity contribution in [1.82, 2.24) is 4.98 Å². The number of nitrogens with zero attached hydrogens (tertiary/aromatic N) is 1. The van der Waals surface area contributed by atoms with Gasteiger partial charge >= 0.3 is 0 Å². The molecule has 1 atom stereocenters. The van der Waals surface area contributed by atoms with Crippen molar-refractivity contribution in [2.45, 2.75) is 18.9 Å². The number of rotatable bonds is 6. The molecule has 0 aliphatic rings. The van der Waals surface area contributed by atoms with Crippen LogP contribution in [0.5, 0.6) is 0 Å². The predicted molar refractivity (Wildman–Crippen MR) is 84.4 cm³/mol. The largest absolute Gasteiger partial charge is 0.396 e. The van der Waals surface area contributed by atoms with Crippen molar-refractivity contribution in [3.05, 3.63) is 59.5 Å². The quantitative estimate of drug-likeness (QED) is 0.857. The molecule has 23 heavy (non-hydrogen) atoms. The lowest BCUT2D eigenvalue weighted by molar-refractivity contribution is -0.137. The van der Waals surface area contributed by atoms with E-state index in [0.717, 1.165) is 5.56 Å². The number of benzene rings is 1. The second kappa shape index (κ2) is 7.30. The summed E-state index contributed by atoms with van der Waals surface area (Å²) in [6.07, 6.45) is 1.99. The second-order valence-corrected chi connectivity index (χ2v) is 5.19. The number of aliphatic hydroxyl groups excluding tert-OH is 1. The summed E-state index contributed by atoms with van der Waals surface area (Å²) in [4.78, 5) is 16.7. The van der Waals surface area contributed by atoms with Crippen LogP contribution in [0.2, 0.25) is 0 Å². The van der Waals surface area contributed by atoms with Crippen LogP contribution in [-0.4, -0.2) is 29.7 Å². The zero-order chi connectivity index (χ0) is 16.9.